The number of aryl methyl sites for hydroxylation is 1. The lowest BCUT2D eigenvalue weighted by molar-refractivity contribution is -0.119. The van der Waals surface area contributed by atoms with Crippen LogP contribution in [0.5, 0.6) is 5.75 Å². The Hall–Kier alpha value is -1.51. The smallest absolute Gasteiger partial charge is 0.220 e. The number of aromatic hydroxyl groups is 1. The summed E-state index contributed by atoms with van der Waals surface area (Å²) in [5.74, 6) is 0.521. The van der Waals surface area contributed by atoms with Crippen LogP contribution >= 0.6 is 0 Å². The number of benzene rings is 1. The molecule has 0 bridgehead atoms. The lowest BCUT2D eigenvalue weighted by Crippen LogP contribution is -2.13. The second-order valence-electron chi connectivity index (χ2n) is 3.72. The van der Waals surface area contributed by atoms with Gasteiger partial charge in [0.15, 0.2) is 0 Å². The molecule has 1 aromatic rings. The number of carbonyl (C=O) groups excluding carboxylic acids is 1. The molecule has 2 rings (SSSR count). The van der Waals surface area contributed by atoms with Crippen molar-refractivity contribution in [2.45, 2.75) is 19.3 Å². The Labute approximate surface area is 82.8 Å². The fraction of sp³-hybridized carbons (Fsp3) is 0.364. The van der Waals surface area contributed by atoms with Crippen molar-refractivity contribution in [3.63, 3.8) is 0 Å². The molecular weight excluding hydrogens is 178 g/mol. The number of hydrogen-bond acceptors (Lipinski definition) is 2. The van der Waals surface area contributed by atoms with Crippen LogP contribution in [0.1, 0.15) is 23.5 Å². The third-order valence-electron chi connectivity index (χ3n) is 2.69. The first kappa shape index (κ1) is 9.06. The molecule has 0 saturated carbocycles. The molecule has 14 heavy (non-hydrogen) atoms. The zero-order valence-corrected chi connectivity index (χ0v) is 8.08. The minimum absolute atomic E-state index is 0.0657. The Kier molecular flexibility index (Phi) is 2.15. The molecule has 1 fully saturated rings. The number of phenolic OH excluding ortho intramolecular Hbond substituents is 1. The van der Waals surface area contributed by atoms with E-state index in [1.165, 1.54) is 0 Å². The van der Waals surface area contributed by atoms with Gasteiger partial charge in [-0.2, -0.15) is 0 Å². The molecule has 3 heteroatoms. The summed E-state index contributed by atoms with van der Waals surface area (Å²) in [4.78, 5) is 11.0. The summed E-state index contributed by atoms with van der Waals surface area (Å²) in [5.41, 5.74) is 1.74. The summed E-state index contributed by atoms with van der Waals surface area (Å²) in [6, 6.07) is 5.66. The molecule has 0 spiro atoms. The molecule has 1 aromatic carbocycles. The molecule has 3 nitrogen and oxygen atoms in total. The van der Waals surface area contributed by atoms with E-state index in [4.69, 9.17) is 0 Å². The molecule has 1 aliphatic rings. The van der Waals surface area contributed by atoms with Crippen molar-refractivity contribution in [1.82, 2.24) is 5.32 Å². The van der Waals surface area contributed by atoms with E-state index in [1.807, 2.05) is 25.1 Å². The first-order valence-corrected chi connectivity index (χ1v) is 4.73. The topological polar surface area (TPSA) is 49.3 Å². The number of carbonyl (C=O) groups is 1. The lowest BCUT2D eigenvalue weighted by atomic mass is 9.95. The predicted octanol–water partition coefficient (Wildman–Crippen LogP) is 1.30. The molecule has 2 N–H and O–H groups in total. The Morgan fingerprint density at radius 1 is 1.50 bits per heavy atom. The monoisotopic (exact) mass is 191 g/mol. The fourth-order valence-corrected chi connectivity index (χ4v) is 1.84. The van der Waals surface area contributed by atoms with Gasteiger partial charge in [-0.05, 0) is 18.1 Å². The molecule has 1 heterocycles. The molecule has 1 saturated heterocycles. The highest BCUT2D eigenvalue weighted by Crippen LogP contribution is 2.32. The highest BCUT2D eigenvalue weighted by Gasteiger charge is 2.25. The van der Waals surface area contributed by atoms with Crippen LogP contribution < -0.4 is 5.32 Å². The maximum atomic E-state index is 11.0. The predicted molar refractivity (Wildman–Crippen MR) is 53.2 cm³/mol. The van der Waals surface area contributed by atoms with Gasteiger partial charge in [-0.15, -0.1) is 0 Å². The van der Waals surface area contributed by atoms with E-state index < -0.39 is 0 Å². The highest BCUT2D eigenvalue weighted by molar-refractivity contribution is 5.79. The van der Waals surface area contributed by atoms with Crippen LogP contribution in [0.25, 0.3) is 0 Å². The third kappa shape index (κ3) is 1.45. The molecule has 0 aromatic heterocycles. The molecule has 1 unspecified atom stereocenters. The molecule has 0 aliphatic carbocycles. The molecule has 1 amide bonds. The maximum Gasteiger partial charge on any atom is 0.220 e. The first-order valence-electron chi connectivity index (χ1n) is 4.73. The van der Waals surface area contributed by atoms with Gasteiger partial charge >= 0.3 is 0 Å². The Morgan fingerprint density at radius 3 is 2.93 bits per heavy atom. The van der Waals surface area contributed by atoms with Crippen LogP contribution in [0.15, 0.2) is 18.2 Å². The SMILES string of the molecule is Cc1cccc(C2CNC(=O)C2)c1O. The number of para-hydroxylation sites is 1. The normalized spacial score (nSPS) is 20.9. The lowest BCUT2D eigenvalue weighted by Gasteiger charge is -2.11. The number of hydrogen-bond donors (Lipinski definition) is 2. The summed E-state index contributed by atoms with van der Waals surface area (Å²) in [5, 5.41) is 12.6. The van der Waals surface area contributed by atoms with Gasteiger partial charge < -0.3 is 10.4 Å². The van der Waals surface area contributed by atoms with Crippen molar-refractivity contribution in [1.29, 1.82) is 0 Å². The highest BCUT2D eigenvalue weighted by atomic mass is 16.3. The Bertz CT molecular complexity index is 374. The average molecular weight is 191 g/mol. The molecule has 74 valence electrons. The van der Waals surface area contributed by atoms with E-state index in [0.717, 1.165) is 11.1 Å². The van der Waals surface area contributed by atoms with Crippen molar-refractivity contribution in [3.8, 4) is 5.75 Å². The van der Waals surface area contributed by atoms with Crippen molar-refractivity contribution in [2.75, 3.05) is 6.54 Å². The van der Waals surface area contributed by atoms with E-state index in [1.54, 1.807) is 0 Å². The largest absolute Gasteiger partial charge is 0.507 e. The quantitative estimate of drug-likeness (QED) is 0.703. The number of amides is 1. The molecule has 1 atom stereocenters. The number of phenols is 1. The van der Waals surface area contributed by atoms with Gasteiger partial charge in [0.25, 0.3) is 0 Å². The van der Waals surface area contributed by atoms with E-state index in [0.29, 0.717) is 18.7 Å². The second-order valence-corrected chi connectivity index (χ2v) is 3.72. The Morgan fingerprint density at radius 2 is 2.29 bits per heavy atom. The van der Waals surface area contributed by atoms with E-state index in [-0.39, 0.29) is 11.8 Å². The molecule has 1 aliphatic heterocycles. The van der Waals surface area contributed by atoms with Crippen LogP contribution in [-0.4, -0.2) is 17.6 Å². The summed E-state index contributed by atoms with van der Waals surface area (Å²) >= 11 is 0. The van der Waals surface area contributed by atoms with Crippen LogP contribution in [0.3, 0.4) is 0 Å². The van der Waals surface area contributed by atoms with Gasteiger partial charge in [0, 0.05) is 18.9 Å². The minimum atomic E-state index is 0.0657. The fourth-order valence-electron chi connectivity index (χ4n) is 1.84. The third-order valence-corrected chi connectivity index (χ3v) is 2.69. The second kappa shape index (κ2) is 3.33. The summed E-state index contributed by atoms with van der Waals surface area (Å²) < 4.78 is 0. The van der Waals surface area contributed by atoms with Crippen molar-refractivity contribution in [2.24, 2.45) is 0 Å². The molecular formula is C11H13NO2. The van der Waals surface area contributed by atoms with Crippen LogP contribution in [0.4, 0.5) is 0 Å². The summed E-state index contributed by atoms with van der Waals surface area (Å²) in [7, 11) is 0. The number of nitrogens with one attached hydrogen (secondary N) is 1. The zero-order valence-electron chi connectivity index (χ0n) is 8.08. The van der Waals surface area contributed by atoms with E-state index >= 15 is 0 Å². The van der Waals surface area contributed by atoms with Crippen LogP contribution in [-0.2, 0) is 4.79 Å². The number of rotatable bonds is 1. The maximum absolute atomic E-state index is 11.0. The van der Waals surface area contributed by atoms with Gasteiger partial charge in [0.05, 0.1) is 0 Å². The zero-order chi connectivity index (χ0) is 10.1. The minimum Gasteiger partial charge on any atom is -0.507 e. The van der Waals surface area contributed by atoms with Gasteiger partial charge in [0.2, 0.25) is 5.91 Å². The van der Waals surface area contributed by atoms with Crippen molar-refractivity contribution < 1.29 is 9.90 Å². The van der Waals surface area contributed by atoms with Gasteiger partial charge in [0.1, 0.15) is 5.75 Å². The van der Waals surface area contributed by atoms with Crippen LogP contribution in [0.2, 0.25) is 0 Å². The van der Waals surface area contributed by atoms with Crippen LogP contribution in [0, 0.1) is 6.92 Å². The first-order chi connectivity index (χ1) is 6.68. The average Bonchev–Trinajstić information content (AvgIpc) is 2.57. The van der Waals surface area contributed by atoms with Crippen molar-refractivity contribution >= 4 is 5.91 Å². The standard InChI is InChI=1S/C11H13NO2/c1-7-3-2-4-9(11(7)14)8-5-10(13)12-6-8/h2-4,8,14H,5-6H2,1H3,(H,12,13). The van der Waals surface area contributed by atoms with E-state index in [9.17, 15) is 9.90 Å². The van der Waals surface area contributed by atoms with Gasteiger partial charge in [-0.3, -0.25) is 4.79 Å². The van der Waals surface area contributed by atoms with Gasteiger partial charge in [-0.25, -0.2) is 0 Å². The van der Waals surface area contributed by atoms with Gasteiger partial charge in [-0.1, -0.05) is 18.2 Å². The van der Waals surface area contributed by atoms with Crippen molar-refractivity contribution in [3.05, 3.63) is 29.3 Å². The molecule has 0 radical (unpaired) electrons. The summed E-state index contributed by atoms with van der Waals surface area (Å²) in [6.07, 6.45) is 0.483. The summed E-state index contributed by atoms with van der Waals surface area (Å²) in [6.45, 7) is 2.50. The van der Waals surface area contributed by atoms with E-state index in [2.05, 4.69) is 5.32 Å². The Balaban J connectivity index is 2.32.